The zero-order valence-electron chi connectivity index (χ0n) is 8.23. The molecule has 1 heteroatoms. The third kappa shape index (κ3) is 1.39. The minimum absolute atomic E-state index is 0.705. The van der Waals surface area contributed by atoms with Gasteiger partial charge in [-0.3, -0.25) is 0 Å². The lowest BCUT2D eigenvalue weighted by molar-refractivity contribution is 0.0736. The maximum Gasteiger partial charge on any atom is 0.00104 e. The van der Waals surface area contributed by atoms with E-state index in [2.05, 4.69) is 12.2 Å². The van der Waals surface area contributed by atoms with Crippen molar-refractivity contribution in [3.05, 3.63) is 0 Å². The van der Waals surface area contributed by atoms with Gasteiger partial charge in [-0.05, 0) is 37.1 Å². The second-order valence-corrected chi connectivity index (χ2v) is 4.79. The Morgan fingerprint density at radius 3 is 2.67 bits per heavy atom. The molecule has 2 aliphatic rings. The highest BCUT2D eigenvalue weighted by atomic mass is 14.9. The second-order valence-electron chi connectivity index (χ2n) is 4.79. The first-order valence-electron chi connectivity index (χ1n) is 5.54. The van der Waals surface area contributed by atoms with Crippen molar-refractivity contribution in [1.29, 1.82) is 0 Å². The zero-order valence-corrected chi connectivity index (χ0v) is 8.23. The van der Waals surface area contributed by atoms with Crippen molar-refractivity contribution in [3.63, 3.8) is 0 Å². The molecule has 1 saturated carbocycles. The minimum atomic E-state index is 0.705. The second kappa shape index (κ2) is 3.37. The Balaban J connectivity index is 2.04. The molecule has 2 rings (SSSR count). The lowest BCUT2D eigenvalue weighted by atomic mass is 9.63. The minimum Gasteiger partial charge on any atom is -0.316 e. The molecule has 12 heavy (non-hydrogen) atoms. The Kier molecular flexibility index (Phi) is 2.40. The molecule has 0 aromatic carbocycles. The number of hydrogen-bond acceptors (Lipinski definition) is 1. The Bertz CT molecular complexity index is 139. The summed E-state index contributed by atoms with van der Waals surface area (Å²) in [6, 6.07) is 0. The van der Waals surface area contributed by atoms with Gasteiger partial charge in [-0.1, -0.05) is 26.2 Å². The van der Waals surface area contributed by atoms with Gasteiger partial charge in [0.15, 0.2) is 0 Å². The van der Waals surface area contributed by atoms with Crippen LogP contribution in [0.15, 0.2) is 0 Å². The van der Waals surface area contributed by atoms with Crippen molar-refractivity contribution < 1.29 is 0 Å². The number of rotatable bonds is 0. The van der Waals surface area contributed by atoms with E-state index < -0.39 is 0 Å². The van der Waals surface area contributed by atoms with E-state index in [1.54, 1.807) is 0 Å². The molecule has 1 aliphatic carbocycles. The standard InChI is InChI=1S/C11H21N/c1-10-5-2-3-6-11(10)7-4-8-12-9-11/h10,12H,2-9H2,1H3. The quantitative estimate of drug-likeness (QED) is 0.584. The van der Waals surface area contributed by atoms with E-state index in [1.165, 1.54) is 51.6 Å². The van der Waals surface area contributed by atoms with Gasteiger partial charge < -0.3 is 5.32 Å². The Morgan fingerprint density at radius 2 is 2.00 bits per heavy atom. The fourth-order valence-corrected chi connectivity index (χ4v) is 3.11. The molecule has 1 saturated heterocycles. The van der Waals surface area contributed by atoms with Crippen molar-refractivity contribution in [3.8, 4) is 0 Å². The third-order valence-electron chi connectivity index (χ3n) is 4.11. The molecule has 1 aliphatic heterocycles. The summed E-state index contributed by atoms with van der Waals surface area (Å²) >= 11 is 0. The summed E-state index contributed by atoms with van der Waals surface area (Å²) in [5, 5.41) is 3.58. The first-order valence-corrected chi connectivity index (χ1v) is 5.54. The van der Waals surface area contributed by atoms with Gasteiger partial charge in [0.05, 0.1) is 0 Å². The van der Waals surface area contributed by atoms with E-state index in [1.807, 2.05) is 0 Å². The largest absolute Gasteiger partial charge is 0.316 e. The highest BCUT2D eigenvalue weighted by molar-refractivity contribution is 4.91. The van der Waals surface area contributed by atoms with Gasteiger partial charge in [-0.2, -0.15) is 0 Å². The molecule has 0 amide bonds. The first-order chi connectivity index (χ1) is 5.83. The van der Waals surface area contributed by atoms with Crippen LogP contribution in [0.3, 0.4) is 0 Å². The number of piperidine rings is 1. The Hall–Kier alpha value is -0.0400. The topological polar surface area (TPSA) is 12.0 Å². The van der Waals surface area contributed by atoms with E-state index in [0.29, 0.717) is 5.41 Å². The Labute approximate surface area is 75.9 Å². The van der Waals surface area contributed by atoms with Crippen LogP contribution in [0.25, 0.3) is 0 Å². The van der Waals surface area contributed by atoms with Crippen LogP contribution >= 0.6 is 0 Å². The van der Waals surface area contributed by atoms with Crippen molar-refractivity contribution in [1.82, 2.24) is 5.32 Å². The van der Waals surface area contributed by atoms with Crippen molar-refractivity contribution in [2.24, 2.45) is 11.3 Å². The molecule has 0 radical (unpaired) electrons. The van der Waals surface area contributed by atoms with Crippen LogP contribution in [0.1, 0.15) is 45.4 Å². The molecule has 70 valence electrons. The zero-order chi connectivity index (χ0) is 8.44. The molecule has 2 fully saturated rings. The van der Waals surface area contributed by atoms with Crippen molar-refractivity contribution in [2.45, 2.75) is 45.4 Å². The summed E-state index contributed by atoms with van der Waals surface area (Å²) in [4.78, 5) is 0. The fraction of sp³-hybridized carbons (Fsp3) is 1.00. The average Bonchev–Trinajstić information content (AvgIpc) is 2.12. The van der Waals surface area contributed by atoms with Gasteiger partial charge >= 0.3 is 0 Å². The van der Waals surface area contributed by atoms with E-state index >= 15 is 0 Å². The van der Waals surface area contributed by atoms with Crippen LogP contribution in [0.2, 0.25) is 0 Å². The molecule has 1 nitrogen and oxygen atoms in total. The molecule has 0 aromatic heterocycles. The average molecular weight is 167 g/mol. The van der Waals surface area contributed by atoms with E-state index in [0.717, 1.165) is 5.92 Å². The van der Waals surface area contributed by atoms with Crippen LogP contribution in [-0.4, -0.2) is 13.1 Å². The normalized spacial score (nSPS) is 43.2. The molecule has 2 atom stereocenters. The van der Waals surface area contributed by atoms with Crippen LogP contribution in [0, 0.1) is 11.3 Å². The van der Waals surface area contributed by atoms with Gasteiger partial charge in [0.1, 0.15) is 0 Å². The molecular weight excluding hydrogens is 146 g/mol. The van der Waals surface area contributed by atoms with E-state index in [4.69, 9.17) is 0 Å². The smallest absolute Gasteiger partial charge is 0.00104 e. The van der Waals surface area contributed by atoms with Crippen molar-refractivity contribution in [2.75, 3.05) is 13.1 Å². The van der Waals surface area contributed by atoms with Crippen LogP contribution < -0.4 is 5.32 Å². The summed E-state index contributed by atoms with van der Waals surface area (Å²) in [6.07, 6.45) is 8.81. The SMILES string of the molecule is CC1CCCCC12CCCNC2. The Morgan fingerprint density at radius 1 is 1.17 bits per heavy atom. The predicted molar refractivity (Wildman–Crippen MR) is 52.2 cm³/mol. The summed E-state index contributed by atoms with van der Waals surface area (Å²) in [6.45, 7) is 5.02. The molecule has 0 bridgehead atoms. The van der Waals surface area contributed by atoms with Crippen LogP contribution in [-0.2, 0) is 0 Å². The summed E-state index contributed by atoms with van der Waals surface area (Å²) in [5.74, 6) is 0.971. The lowest BCUT2D eigenvalue weighted by Crippen LogP contribution is -2.45. The highest BCUT2D eigenvalue weighted by Crippen LogP contribution is 2.45. The third-order valence-corrected chi connectivity index (χ3v) is 4.11. The van der Waals surface area contributed by atoms with Gasteiger partial charge in [-0.15, -0.1) is 0 Å². The maximum absolute atomic E-state index is 3.58. The lowest BCUT2D eigenvalue weighted by Gasteiger charge is -2.45. The number of nitrogens with one attached hydrogen (secondary N) is 1. The molecule has 0 aromatic rings. The van der Waals surface area contributed by atoms with E-state index in [9.17, 15) is 0 Å². The fourth-order valence-electron chi connectivity index (χ4n) is 3.11. The number of hydrogen-bond donors (Lipinski definition) is 1. The van der Waals surface area contributed by atoms with Crippen LogP contribution in [0.4, 0.5) is 0 Å². The monoisotopic (exact) mass is 167 g/mol. The molecule has 1 spiro atoms. The highest BCUT2D eigenvalue weighted by Gasteiger charge is 2.38. The first kappa shape index (κ1) is 8.55. The molecular formula is C11H21N. The molecule has 2 unspecified atom stereocenters. The summed E-state index contributed by atoms with van der Waals surface area (Å²) in [7, 11) is 0. The summed E-state index contributed by atoms with van der Waals surface area (Å²) in [5.41, 5.74) is 0.705. The van der Waals surface area contributed by atoms with Gasteiger partial charge in [0.25, 0.3) is 0 Å². The van der Waals surface area contributed by atoms with Gasteiger partial charge in [0.2, 0.25) is 0 Å². The van der Waals surface area contributed by atoms with Crippen molar-refractivity contribution >= 4 is 0 Å². The predicted octanol–water partition coefficient (Wildman–Crippen LogP) is 2.57. The van der Waals surface area contributed by atoms with E-state index in [-0.39, 0.29) is 0 Å². The molecule has 1 heterocycles. The maximum atomic E-state index is 3.58. The van der Waals surface area contributed by atoms with Gasteiger partial charge in [0, 0.05) is 6.54 Å². The van der Waals surface area contributed by atoms with Crippen LogP contribution in [0.5, 0.6) is 0 Å². The summed E-state index contributed by atoms with van der Waals surface area (Å²) < 4.78 is 0. The molecule has 1 N–H and O–H groups in total. The van der Waals surface area contributed by atoms with Gasteiger partial charge in [-0.25, -0.2) is 0 Å².